The van der Waals surface area contributed by atoms with Gasteiger partial charge in [-0.3, -0.25) is 9.69 Å². The van der Waals surface area contributed by atoms with Crippen molar-refractivity contribution in [2.45, 2.75) is 51.6 Å². The largest absolute Gasteiger partial charge is 0.481 e. The Morgan fingerprint density at radius 2 is 1.68 bits per heavy atom. The van der Waals surface area contributed by atoms with E-state index in [1.165, 1.54) is 31.2 Å². The van der Waals surface area contributed by atoms with E-state index in [1.807, 2.05) is 12.1 Å². The minimum atomic E-state index is -0.843. The molecule has 0 spiro atoms. The summed E-state index contributed by atoms with van der Waals surface area (Å²) in [5.41, 5.74) is 2.39. The Morgan fingerprint density at radius 1 is 1.00 bits per heavy atom. The Balaban J connectivity index is 1.79. The van der Waals surface area contributed by atoms with Gasteiger partial charge in [0.05, 0.1) is 0 Å². The van der Waals surface area contributed by atoms with E-state index in [2.05, 4.69) is 27.7 Å². The van der Waals surface area contributed by atoms with E-state index in [1.54, 1.807) is 0 Å². The average Bonchev–Trinajstić information content (AvgIpc) is 2.86. The summed E-state index contributed by atoms with van der Waals surface area (Å²) in [4.78, 5) is 24.8. The van der Waals surface area contributed by atoms with E-state index in [0.29, 0.717) is 19.5 Å². The summed E-state index contributed by atoms with van der Waals surface area (Å²) in [5.74, 6) is -0.843. The summed E-state index contributed by atoms with van der Waals surface area (Å²) in [7, 11) is 0. The van der Waals surface area contributed by atoms with E-state index >= 15 is 0 Å². The van der Waals surface area contributed by atoms with Gasteiger partial charge < -0.3 is 15.7 Å². The van der Waals surface area contributed by atoms with Crippen LogP contribution in [0.25, 0.3) is 0 Å². The maximum atomic E-state index is 11.8. The van der Waals surface area contributed by atoms with Crippen molar-refractivity contribution in [1.82, 2.24) is 15.5 Å². The van der Waals surface area contributed by atoms with Crippen LogP contribution in [0, 0.1) is 0 Å². The predicted molar refractivity (Wildman–Crippen MR) is 97.3 cm³/mol. The molecule has 1 saturated heterocycles. The van der Waals surface area contributed by atoms with Crippen LogP contribution >= 0.6 is 0 Å². The lowest BCUT2D eigenvalue weighted by Crippen LogP contribution is -2.36. The highest BCUT2D eigenvalue weighted by molar-refractivity contribution is 5.74. The average molecular weight is 347 g/mol. The maximum absolute atomic E-state index is 11.8. The van der Waals surface area contributed by atoms with Crippen LogP contribution in [0.15, 0.2) is 24.3 Å². The molecule has 1 aromatic rings. The molecule has 1 aliphatic rings. The van der Waals surface area contributed by atoms with Gasteiger partial charge in [-0.25, -0.2) is 4.79 Å². The van der Waals surface area contributed by atoms with Crippen LogP contribution in [0.3, 0.4) is 0 Å². The Hall–Kier alpha value is -2.08. The molecular weight excluding hydrogens is 318 g/mol. The fraction of sp³-hybridized carbons (Fsp3) is 0.579. The number of nitrogens with one attached hydrogen (secondary N) is 2. The van der Waals surface area contributed by atoms with Crippen LogP contribution in [-0.4, -0.2) is 41.6 Å². The molecule has 3 N–H and O–H groups in total. The zero-order chi connectivity index (χ0) is 17.9. The van der Waals surface area contributed by atoms with Gasteiger partial charge in [-0.05, 0) is 43.5 Å². The van der Waals surface area contributed by atoms with E-state index in [9.17, 15) is 9.59 Å². The zero-order valence-electron chi connectivity index (χ0n) is 14.8. The zero-order valence-corrected chi connectivity index (χ0v) is 14.8. The molecule has 0 unspecified atom stereocenters. The fourth-order valence-corrected chi connectivity index (χ4v) is 3.10. The molecule has 25 heavy (non-hydrogen) atoms. The van der Waals surface area contributed by atoms with Crippen molar-refractivity contribution in [3.8, 4) is 0 Å². The van der Waals surface area contributed by atoms with Crippen molar-refractivity contribution in [1.29, 1.82) is 0 Å². The van der Waals surface area contributed by atoms with Gasteiger partial charge >= 0.3 is 12.0 Å². The number of carbonyl (C=O) groups is 2. The molecule has 1 aromatic carbocycles. The first-order valence-electron chi connectivity index (χ1n) is 9.18. The smallest absolute Gasteiger partial charge is 0.315 e. The van der Waals surface area contributed by atoms with E-state index in [0.717, 1.165) is 25.2 Å². The molecule has 0 aromatic heterocycles. The van der Waals surface area contributed by atoms with Crippen molar-refractivity contribution >= 4 is 12.0 Å². The van der Waals surface area contributed by atoms with Gasteiger partial charge in [-0.2, -0.15) is 0 Å². The Labute approximate surface area is 149 Å². The number of carboxylic acid groups (broad SMARTS) is 1. The standard InChI is InChI=1S/C19H29N3O3/c23-18(24)10-7-11-20-19(25)21-14-16-8-3-4-9-17(16)15-22-12-5-1-2-6-13-22/h3-4,8-9H,1-2,5-7,10-15H2,(H,23,24)(H2,20,21,25). The highest BCUT2D eigenvalue weighted by Crippen LogP contribution is 2.16. The van der Waals surface area contributed by atoms with Crippen molar-refractivity contribution in [3.05, 3.63) is 35.4 Å². The molecule has 0 saturated carbocycles. The number of hydrogen-bond donors (Lipinski definition) is 3. The SMILES string of the molecule is O=C(O)CCCNC(=O)NCc1ccccc1CN1CCCCCC1. The minimum Gasteiger partial charge on any atom is -0.481 e. The quantitative estimate of drug-likeness (QED) is 0.632. The lowest BCUT2D eigenvalue weighted by molar-refractivity contribution is -0.137. The molecule has 0 bridgehead atoms. The van der Waals surface area contributed by atoms with Crippen molar-refractivity contribution in [2.75, 3.05) is 19.6 Å². The lowest BCUT2D eigenvalue weighted by Gasteiger charge is -2.21. The summed E-state index contributed by atoms with van der Waals surface area (Å²) >= 11 is 0. The monoisotopic (exact) mass is 347 g/mol. The summed E-state index contributed by atoms with van der Waals surface area (Å²) in [5, 5.41) is 14.1. The number of amides is 2. The minimum absolute atomic E-state index is 0.0684. The summed E-state index contributed by atoms with van der Waals surface area (Å²) < 4.78 is 0. The number of aliphatic carboxylic acids is 1. The molecule has 6 heteroatoms. The van der Waals surface area contributed by atoms with Gasteiger partial charge in [0.25, 0.3) is 0 Å². The molecule has 1 aliphatic heterocycles. The fourth-order valence-electron chi connectivity index (χ4n) is 3.10. The van der Waals surface area contributed by atoms with Gasteiger partial charge in [-0.15, -0.1) is 0 Å². The number of carbonyl (C=O) groups excluding carboxylic acids is 1. The highest BCUT2D eigenvalue weighted by Gasteiger charge is 2.12. The van der Waals surface area contributed by atoms with E-state index < -0.39 is 5.97 Å². The highest BCUT2D eigenvalue weighted by atomic mass is 16.4. The van der Waals surface area contributed by atoms with Gasteiger partial charge in [-0.1, -0.05) is 37.1 Å². The van der Waals surface area contributed by atoms with E-state index in [-0.39, 0.29) is 12.5 Å². The first-order chi connectivity index (χ1) is 12.1. The third kappa shape index (κ3) is 7.56. The second kappa shape index (κ2) is 10.7. The molecule has 1 heterocycles. The van der Waals surface area contributed by atoms with Crippen LogP contribution in [0.1, 0.15) is 49.7 Å². The van der Waals surface area contributed by atoms with Gasteiger partial charge in [0.2, 0.25) is 0 Å². The van der Waals surface area contributed by atoms with Crippen molar-refractivity contribution < 1.29 is 14.7 Å². The summed E-state index contributed by atoms with van der Waals surface area (Å²) in [6.07, 6.45) is 5.68. The van der Waals surface area contributed by atoms with Crippen molar-refractivity contribution in [2.24, 2.45) is 0 Å². The topological polar surface area (TPSA) is 81.7 Å². The van der Waals surface area contributed by atoms with Crippen LogP contribution in [0.2, 0.25) is 0 Å². The second-order valence-electron chi connectivity index (χ2n) is 6.57. The molecule has 0 atom stereocenters. The number of benzene rings is 1. The Bertz CT molecular complexity index is 555. The first-order valence-corrected chi connectivity index (χ1v) is 9.18. The maximum Gasteiger partial charge on any atom is 0.315 e. The number of likely N-dealkylation sites (tertiary alicyclic amines) is 1. The number of carboxylic acids is 1. The first kappa shape index (κ1) is 19.2. The van der Waals surface area contributed by atoms with Crippen LogP contribution in [-0.2, 0) is 17.9 Å². The summed E-state index contributed by atoms with van der Waals surface area (Å²) in [6, 6.07) is 7.97. The van der Waals surface area contributed by atoms with Crippen LogP contribution in [0.5, 0.6) is 0 Å². The molecule has 0 radical (unpaired) electrons. The Morgan fingerprint density at radius 3 is 2.36 bits per heavy atom. The molecular formula is C19H29N3O3. The summed E-state index contributed by atoms with van der Waals surface area (Å²) in [6.45, 7) is 4.07. The van der Waals surface area contributed by atoms with Crippen LogP contribution < -0.4 is 10.6 Å². The predicted octanol–water partition coefficient (Wildman–Crippen LogP) is 2.73. The Kier molecular flexibility index (Phi) is 8.25. The molecule has 0 aliphatic carbocycles. The van der Waals surface area contributed by atoms with Gasteiger partial charge in [0, 0.05) is 26.1 Å². The van der Waals surface area contributed by atoms with Crippen LogP contribution in [0.4, 0.5) is 4.79 Å². The van der Waals surface area contributed by atoms with E-state index in [4.69, 9.17) is 5.11 Å². The number of urea groups is 1. The lowest BCUT2D eigenvalue weighted by atomic mass is 10.1. The van der Waals surface area contributed by atoms with Crippen molar-refractivity contribution in [3.63, 3.8) is 0 Å². The molecule has 6 nitrogen and oxygen atoms in total. The number of hydrogen-bond acceptors (Lipinski definition) is 3. The molecule has 138 valence electrons. The molecule has 2 rings (SSSR count). The number of rotatable bonds is 8. The van der Waals surface area contributed by atoms with Gasteiger partial charge in [0.1, 0.15) is 0 Å². The third-order valence-corrected chi connectivity index (χ3v) is 4.50. The molecule has 1 fully saturated rings. The third-order valence-electron chi connectivity index (χ3n) is 4.50. The van der Waals surface area contributed by atoms with Gasteiger partial charge in [0.15, 0.2) is 0 Å². The molecule has 2 amide bonds. The number of nitrogens with zero attached hydrogens (tertiary/aromatic N) is 1. The normalized spacial score (nSPS) is 15.4. The second-order valence-corrected chi connectivity index (χ2v) is 6.57.